The van der Waals surface area contributed by atoms with Crippen LogP contribution >= 0.6 is 15.9 Å². The first-order chi connectivity index (χ1) is 7.24. The van der Waals surface area contributed by atoms with Gasteiger partial charge in [-0.05, 0) is 43.9 Å². The lowest BCUT2D eigenvalue weighted by Crippen LogP contribution is -2.31. The highest BCUT2D eigenvalue weighted by molar-refractivity contribution is 9.09. The van der Waals surface area contributed by atoms with E-state index >= 15 is 0 Å². The van der Waals surface area contributed by atoms with Gasteiger partial charge in [-0.1, -0.05) is 22.4 Å². The maximum atomic E-state index is 11.6. The number of carbonyl (C=O) groups is 1. The van der Waals surface area contributed by atoms with E-state index in [9.17, 15) is 4.79 Å². The van der Waals surface area contributed by atoms with Gasteiger partial charge in [0.05, 0.1) is 0 Å². The minimum absolute atomic E-state index is 0.276. The lowest BCUT2D eigenvalue weighted by atomic mass is 9.83. The van der Waals surface area contributed by atoms with E-state index in [0.717, 1.165) is 13.0 Å². The molecule has 86 valence electrons. The standard InChI is InChI=1S/C12H20BrNO/c13-11-5-4-10(6-11)8-14-12(15)7-9-2-1-3-9/h9-11H,1-8H2,(H,14,15). The summed E-state index contributed by atoms with van der Waals surface area (Å²) in [5.74, 6) is 1.68. The van der Waals surface area contributed by atoms with Gasteiger partial charge in [-0.15, -0.1) is 0 Å². The maximum Gasteiger partial charge on any atom is 0.220 e. The van der Waals surface area contributed by atoms with Gasteiger partial charge in [0, 0.05) is 17.8 Å². The Hall–Kier alpha value is -0.0500. The van der Waals surface area contributed by atoms with Crippen LogP contribution in [-0.2, 0) is 4.79 Å². The van der Waals surface area contributed by atoms with Gasteiger partial charge in [0.25, 0.3) is 0 Å². The highest BCUT2D eigenvalue weighted by atomic mass is 79.9. The number of amides is 1. The van der Waals surface area contributed by atoms with Gasteiger partial charge in [0.2, 0.25) is 5.91 Å². The lowest BCUT2D eigenvalue weighted by Gasteiger charge is -2.24. The van der Waals surface area contributed by atoms with Crippen molar-refractivity contribution in [3.63, 3.8) is 0 Å². The van der Waals surface area contributed by atoms with E-state index in [4.69, 9.17) is 0 Å². The predicted octanol–water partition coefficient (Wildman–Crippen LogP) is 2.86. The second kappa shape index (κ2) is 5.33. The van der Waals surface area contributed by atoms with Crippen molar-refractivity contribution < 1.29 is 4.79 Å². The molecular weight excluding hydrogens is 254 g/mol. The van der Waals surface area contributed by atoms with Crippen LogP contribution < -0.4 is 5.32 Å². The second-order valence-corrected chi connectivity index (χ2v) is 6.38. The SMILES string of the molecule is O=C(CC1CCC1)NCC1CCC(Br)C1. The summed E-state index contributed by atoms with van der Waals surface area (Å²) in [6.45, 7) is 0.896. The van der Waals surface area contributed by atoms with Crippen LogP contribution in [0.4, 0.5) is 0 Å². The van der Waals surface area contributed by atoms with Crippen molar-refractivity contribution in [2.75, 3.05) is 6.54 Å². The number of alkyl halides is 1. The monoisotopic (exact) mass is 273 g/mol. The van der Waals surface area contributed by atoms with Gasteiger partial charge in [-0.2, -0.15) is 0 Å². The number of nitrogens with one attached hydrogen (secondary N) is 1. The third-order valence-electron chi connectivity index (χ3n) is 3.76. The van der Waals surface area contributed by atoms with Crippen molar-refractivity contribution in [2.45, 2.75) is 49.8 Å². The zero-order valence-electron chi connectivity index (χ0n) is 9.18. The summed E-state index contributed by atoms with van der Waals surface area (Å²) >= 11 is 3.63. The summed E-state index contributed by atoms with van der Waals surface area (Å²) in [5.41, 5.74) is 0. The summed E-state index contributed by atoms with van der Waals surface area (Å²) in [6, 6.07) is 0. The molecule has 1 amide bonds. The van der Waals surface area contributed by atoms with Crippen LogP contribution in [0.15, 0.2) is 0 Å². The molecule has 2 nitrogen and oxygen atoms in total. The molecule has 0 aliphatic heterocycles. The number of hydrogen-bond donors (Lipinski definition) is 1. The summed E-state index contributed by atoms with van der Waals surface area (Å²) in [5, 5.41) is 3.08. The van der Waals surface area contributed by atoms with Crippen molar-refractivity contribution in [1.29, 1.82) is 0 Å². The second-order valence-electron chi connectivity index (χ2n) is 5.08. The Morgan fingerprint density at radius 1 is 1.20 bits per heavy atom. The van der Waals surface area contributed by atoms with Crippen LogP contribution in [0.25, 0.3) is 0 Å². The number of carbonyl (C=O) groups excluding carboxylic acids is 1. The average molecular weight is 274 g/mol. The van der Waals surface area contributed by atoms with Gasteiger partial charge < -0.3 is 5.32 Å². The largest absolute Gasteiger partial charge is 0.356 e. The van der Waals surface area contributed by atoms with Crippen molar-refractivity contribution in [1.82, 2.24) is 5.32 Å². The Labute approximate surface area is 100 Å². The van der Waals surface area contributed by atoms with Crippen molar-refractivity contribution >= 4 is 21.8 Å². The molecule has 15 heavy (non-hydrogen) atoms. The van der Waals surface area contributed by atoms with Crippen molar-refractivity contribution in [2.24, 2.45) is 11.8 Å². The zero-order valence-corrected chi connectivity index (χ0v) is 10.8. The topological polar surface area (TPSA) is 29.1 Å². The van der Waals surface area contributed by atoms with E-state index in [1.54, 1.807) is 0 Å². The molecule has 0 spiro atoms. The molecule has 2 fully saturated rings. The first kappa shape index (κ1) is 11.4. The molecule has 0 radical (unpaired) electrons. The van der Waals surface area contributed by atoms with E-state index < -0.39 is 0 Å². The zero-order chi connectivity index (χ0) is 10.7. The molecule has 2 atom stereocenters. The molecule has 0 aromatic rings. The minimum atomic E-state index is 0.276. The van der Waals surface area contributed by atoms with Crippen LogP contribution in [0, 0.1) is 11.8 Å². The van der Waals surface area contributed by atoms with Crippen LogP contribution in [0.5, 0.6) is 0 Å². The van der Waals surface area contributed by atoms with Crippen LogP contribution in [0.1, 0.15) is 44.9 Å². The third kappa shape index (κ3) is 3.47. The van der Waals surface area contributed by atoms with E-state index in [1.165, 1.54) is 38.5 Å². The Bertz CT molecular complexity index is 228. The molecule has 2 aliphatic rings. The summed E-state index contributed by atoms with van der Waals surface area (Å²) < 4.78 is 0. The normalized spacial score (nSPS) is 31.3. The van der Waals surface area contributed by atoms with Gasteiger partial charge in [0.1, 0.15) is 0 Å². The Morgan fingerprint density at radius 3 is 2.53 bits per heavy atom. The first-order valence-corrected chi connectivity index (χ1v) is 7.06. The number of rotatable bonds is 4. The average Bonchev–Trinajstić information content (AvgIpc) is 2.55. The molecular formula is C12H20BrNO. The van der Waals surface area contributed by atoms with E-state index in [2.05, 4.69) is 21.2 Å². The highest BCUT2D eigenvalue weighted by Crippen LogP contribution is 2.31. The molecule has 1 N–H and O–H groups in total. The van der Waals surface area contributed by atoms with E-state index in [-0.39, 0.29) is 5.91 Å². The lowest BCUT2D eigenvalue weighted by molar-refractivity contribution is -0.122. The molecule has 2 saturated carbocycles. The van der Waals surface area contributed by atoms with Crippen molar-refractivity contribution in [3.8, 4) is 0 Å². The van der Waals surface area contributed by atoms with Crippen LogP contribution in [0.3, 0.4) is 0 Å². The summed E-state index contributed by atoms with van der Waals surface area (Å²) in [6.07, 6.45) is 8.38. The van der Waals surface area contributed by atoms with Crippen LogP contribution in [-0.4, -0.2) is 17.3 Å². The molecule has 0 aromatic heterocycles. The fraction of sp³-hybridized carbons (Fsp3) is 0.917. The molecule has 0 saturated heterocycles. The fourth-order valence-electron chi connectivity index (χ4n) is 2.49. The number of hydrogen-bond acceptors (Lipinski definition) is 1. The van der Waals surface area contributed by atoms with Gasteiger partial charge in [-0.3, -0.25) is 4.79 Å². The maximum absolute atomic E-state index is 11.6. The van der Waals surface area contributed by atoms with Gasteiger partial charge >= 0.3 is 0 Å². The summed E-state index contributed by atoms with van der Waals surface area (Å²) in [4.78, 5) is 12.2. The smallest absolute Gasteiger partial charge is 0.220 e. The minimum Gasteiger partial charge on any atom is -0.356 e. The molecule has 3 heteroatoms. The third-order valence-corrected chi connectivity index (χ3v) is 4.60. The van der Waals surface area contributed by atoms with Gasteiger partial charge in [-0.25, -0.2) is 0 Å². The molecule has 0 aromatic carbocycles. The molecule has 2 aliphatic carbocycles. The molecule has 2 rings (SSSR count). The van der Waals surface area contributed by atoms with E-state index in [0.29, 0.717) is 16.7 Å². The summed E-state index contributed by atoms with van der Waals surface area (Å²) in [7, 11) is 0. The Morgan fingerprint density at radius 2 is 2.00 bits per heavy atom. The van der Waals surface area contributed by atoms with Crippen LogP contribution in [0.2, 0.25) is 0 Å². The molecule has 0 heterocycles. The molecule has 2 unspecified atom stereocenters. The molecule has 0 bridgehead atoms. The Balaban J connectivity index is 1.58. The predicted molar refractivity (Wildman–Crippen MR) is 65.0 cm³/mol. The first-order valence-electron chi connectivity index (χ1n) is 6.15. The Kier molecular flexibility index (Phi) is 4.06. The highest BCUT2D eigenvalue weighted by Gasteiger charge is 2.24. The fourth-order valence-corrected chi connectivity index (χ4v) is 3.28. The van der Waals surface area contributed by atoms with Crippen molar-refractivity contribution in [3.05, 3.63) is 0 Å². The number of halogens is 1. The van der Waals surface area contributed by atoms with Gasteiger partial charge in [0.15, 0.2) is 0 Å². The van der Waals surface area contributed by atoms with E-state index in [1.807, 2.05) is 0 Å². The quantitative estimate of drug-likeness (QED) is 0.785.